The summed E-state index contributed by atoms with van der Waals surface area (Å²) in [5.41, 5.74) is -0.0922. The third kappa shape index (κ3) is 4.38. The number of aliphatic hydroxyl groups is 1. The number of carbonyl (C=O) groups excluding carboxylic acids is 3. The second-order valence-electron chi connectivity index (χ2n) is 9.67. The standard InChI is InChI=1S/C25H34BrN3O5/c1-3-8-15(2)28-23(32)21-25-13-17(26)20(34-25)18(19(25)24(33)29(21)11-7-12-30)22(31)27-14-16-9-5-4-6-10-16/h4-6,9-10,15,17-21,30H,3,7-8,11-14H2,1-2H3,(H,27,31)(H,28,32)/t15?,17?,18-,19-,20-,21?,25?/m0/s1. The van der Waals surface area contributed by atoms with Gasteiger partial charge in [-0.2, -0.15) is 0 Å². The quantitative estimate of drug-likeness (QED) is 0.395. The molecule has 1 spiro atoms. The van der Waals surface area contributed by atoms with Crippen molar-refractivity contribution in [2.24, 2.45) is 11.8 Å². The molecule has 3 heterocycles. The molecule has 3 aliphatic heterocycles. The van der Waals surface area contributed by atoms with E-state index in [1.807, 2.05) is 37.3 Å². The van der Waals surface area contributed by atoms with Gasteiger partial charge in [0.15, 0.2) is 0 Å². The number of alkyl halides is 1. The van der Waals surface area contributed by atoms with E-state index in [1.54, 1.807) is 0 Å². The average molecular weight is 536 g/mol. The first-order chi connectivity index (χ1) is 16.3. The van der Waals surface area contributed by atoms with Crippen molar-refractivity contribution in [3.05, 3.63) is 35.9 Å². The van der Waals surface area contributed by atoms with Crippen LogP contribution < -0.4 is 10.6 Å². The minimum atomic E-state index is -1.06. The number of benzene rings is 1. The van der Waals surface area contributed by atoms with Gasteiger partial charge in [-0.3, -0.25) is 14.4 Å². The van der Waals surface area contributed by atoms with Gasteiger partial charge in [0, 0.05) is 30.6 Å². The van der Waals surface area contributed by atoms with Gasteiger partial charge in [-0.05, 0) is 31.7 Å². The van der Waals surface area contributed by atoms with Crippen LogP contribution in [0.4, 0.5) is 0 Å². The topological polar surface area (TPSA) is 108 Å². The zero-order chi connectivity index (χ0) is 24.5. The highest BCUT2D eigenvalue weighted by molar-refractivity contribution is 9.09. The number of fused-ring (bicyclic) bond motifs is 1. The lowest BCUT2D eigenvalue weighted by atomic mass is 9.70. The molecule has 34 heavy (non-hydrogen) atoms. The summed E-state index contributed by atoms with van der Waals surface area (Å²) in [6.07, 6.45) is 2.11. The van der Waals surface area contributed by atoms with Crippen LogP contribution in [0.1, 0.15) is 45.1 Å². The number of hydrogen-bond acceptors (Lipinski definition) is 5. The Hall–Kier alpha value is -1.97. The maximum atomic E-state index is 13.7. The summed E-state index contributed by atoms with van der Waals surface area (Å²) in [7, 11) is 0. The minimum Gasteiger partial charge on any atom is -0.396 e. The van der Waals surface area contributed by atoms with E-state index >= 15 is 0 Å². The van der Waals surface area contributed by atoms with Crippen LogP contribution >= 0.6 is 15.9 Å². The lowest BCUT2D eigenvalue weighted by Gasteiger charge is -2.34. The molecule has 0 radical (unpaired) electrons. The zero-order valence-electron chi connectivity index (χ0n) is 19.7. The molecule has 3 aliphatic rings. The molecule has 3 N–H and O–H groups in total. The fourth-order valence-electron chi connectivity index (χ4n) is 5.94. The van der Waals surface area contributed by atoms with E-state index in [1.165, 1.54) is 4.90 Å². The highest BCUT2D eigenvalue weighted by atomic mass is 79.9. The molecular formula is C25H34BrN3O5. The van der Waals surface area contributed by atoms with Crippen LogP contribution in [-0.2, 0) is 25.7 Å². The van der Waals surface area contributed by atoms with Crippen LogP contribution in [0.25, 0.3) is 0 Å². The van der Waals surface area contributed by atoms with Gasteiger partial charge in [-0.25, -0.2) is 0 Å². The Morgan fingerprint density at radius 2 is 2.03 bits per heavy atom. The Bertz CT molecular complexity index is 915. The summed E-state index contributed by atoms with van der Waals surface area (Å²) < 4.78 is 6.44. The van der Waals surface area contributed by atoms with Crippen LogP contribution in [-0.4, -0.2) is 69.5 Å². The van der Waals surface area contributed by atoms with E-state index < -0.39 is 29.6 Å². The number of likely N-dealkylation sites (tertiary alicyclic amines) is 1. The molecule has 0 aliphatic carbocycles. The van der Waals surface area contributed by atoms with Gasteiger partial charge < -0.3 is 25.4 Å². The fourth-order valence-corrected chi connectivity index (χ4v) is 6.88. The molecule has 3 fully saturated rings. The molecular weight excluding hydrogens is 502 g/mol. The lowest BCUT2D eigenvalue weighted by Crippen LogP contribution is -2.57. The molecule has 8 nitrogen and oxygen atoms in total. The number of hydrogen-bond donors (Lipinski definition) is 3. The number of nitrogens with one attached hydrogen (secondary N) is 2. The Morgan fingerprint density at radius 1 is 1.29 bits per heavy atom. The third-order valence-electron chi connectivity index (χ3n) is 7.32. The third-order valence-corrected chi connectivity index (χ3v) is 8.16. The van der Waals surface area contributed by atoms with Gasteiger partial charge in [-0.15, -0.1) is 0 Å². The number of halogens is 1. The molecule has 3 saturated heterocycles. The maximum Gasteiger partial charge on any atom is 0.246 e. The van der Waals surface area contributed by atoms with E-state index in [2.05, 4.69) is 33.5 Å². The molecule has 0 saturated carbocycles. The predicted molar refractivity (Wildman–Crippen MR) is 130 cm³/mol. The number of aliphatic hydroxyl groups excluding tert-OH is 1. The van der Waals surface area contributed by atoms with Gasteiger partial charge in [0.25, 0.3) is 0 Å². The van der Waals surface area contributed by atoms with Gasteiger partial charge >= 0.3 is 0 Å². The Kier molecular flexibility index (Phi) is 7.64. The summed E-state index contributed by atoms with van der Waals surface area (Å²) in [4.78, 5) is 42.0. The van der Waals surface area contributed by atoms with E-state index in [0.29, 0.717) is 19.4 Å². The summed E-state index contributed by atoms with van der Waals surface area (Å²) in [5, 5.41) is 15.4. The summed E-state index contributed by atoms with van der Waals surface area (Å²) in [6.45, 7) is 4.52. The van der Waals surface area contributed by atoms with Gasteiger partial charge in [0.2, 0.25) is 17.7 Å². The van der Waals surface area contributed by atoms with Gasteiger partial charge in [0.1, 0.15) is 11.6 Å². The number of amides is 3. The molecule has 1 aromatic rings. The van der Waals surface area contributed by atoms with Crippen LogP contribution in [0.2, 0.25) is 0 Å². The molecule has 1 aromatic carbocycles. The van der Waals surface area contributed by atoms with Crippen molar-refractivity contribution in [3.63, 3.8) is 0 Å². The van der Waals surface area contributed by atoms with Crippen LogP contribution in [0.5, 0.6) is 0 Å². The second-order valence-corrected chi connectivity index (χ2v) is 10.9. The van der Waals surface area contributed by atoms with Crippen molar-refractivity contribution < 1.29 is 24.2 Å². The van der Waals surface area contributed by atoms with Crippen molar-refractivity contribution in [1.82, 2.24) is 15.5 Å². The lowest BCUT2D eigenvalue weighted by molar-refractivity contribution is -0.142. The summed E-state index contributed by atoms with van der Waals surface area (Å²) in [5.74, 6) is -2.13. The van der Waals surface area contributed by atoms with E-state index in [9.17, 15) is 19.5 Å². The second kappa shape index (κ2) is 10.3. The largest absolute Gasteiger partial charge is 0.396 e. The smallest absolute Gasteiger partial charge is 0.246 e. The number of rotatable bonds is 10. The van der Waals surface area contributed by atoms with E-state index in [-0.39, 0.29) is 41.7 Å². The number of ether oxygens (including phenoxy) is 1. The van der Waals surface area contributed by atoms with Crippen molar-refractivity contribution in [3.8, 4) is 0 Å². The molecule has 4 unspecified atom stereocenters. The minimum absolute atomic E-state index is 0.0360. The number of nitrogens with zero attached hydrogens (tertiary/aromatic N) is 1. The van der Waals surface area contributed by atoms with Crippen molar-refractivity contribution in [2.45, 2.75) is 74.7 Å². The Morgan fingerprint density at radius 3 is 2.71 bits per heavy atom. The van der Waals surface area contributed by atoms with Crippen LogP contribution in [0, 0.1) is 11.8 Å². The summed E-state index contributed by atoms with van der Waals surface area (Å²) >= 11 is 3.67. The zero-order valence-corrected chi connectivity index (χ0v) is 21.3. The Balaban J connectivity index is 1.61. The average Bonchev–Trinajstić information content (AvgIpc) is 3.40. The fraction of sp³-hybridized carbons (Fsp3) is 0.640. The molecule has 4 rings (SSSR count). The highest BCUT2D eigenvalue weighted by Gasteiger charge is 2.76. The first-order valence-corrected chi connectivity index (χ1v) is 13.1. The van der Waals surface area contributed by atoms with Crippen molar-refractivity contribution in [2.75, 3.05) is 13.2 Å². The predicted octanol–water partition coefficient (Wildman–Crippen LogP) is 1.74. The first kappa shape index (κ1) is 25.1. The van der Waals surface area contributed by atoms with Crippen LogP contribution in [0.15, 0.2) is 30.3 Å². The molecule has 0 aromatic heterocycles. The van der Waals surface area contributed by atoms with Crippen molar-refractivity contribution in [1.29, 1.82) is 0 Å². The molecule has 9 heteroatoms. The normalized spacial score (nSPS) is 32.5. The summed E-state index contributed by atoms with van der Waals surface area (Å²) in [6, 6.07) is 8.74. The molecule has 2 bridgehead atoms. The molecule has 3 amide bonds. The monoisotopic (exact) mass is 535 g/mol. The SMILES string of the molecule is CCCC(C)NC(=O)C1N(CCCO)C(=O)[C@@H]2[C@H](C(=O)NCc3ccccc3)[C@H]3OC12CC3Br. The highest BCUT2D eigenvalue weighted by Crippen LogP contribution is 2.60. The van der Waals surface area contributed by atoms with Gasteiger partial charge in [-0.1, -0.05) is 59.6 Å². The maximum absolute atomic E-state index is 13.7. The van der Waals surface area contributed by atoms with Gasteiger partial charge in [0.05, 0.1) is 17.9 Å². The van der Waals surface area contributed by atoms with E-state index in [0.717, 1.165) is 18.4 Å². The first-order valence-electron chi connectivity index (χ1n) is 12.2. The van der Waals surface area contributed by atoms with Crippen LogP contribution in [0.3, 0.4) is 0 Å². The Labute approximate surface area is 208 Å². The molecule has 7 atom stereocenters. The molecule has 186 valence electrons. The van der Waals surface area contributed by atoms with E-state index in [4.69, 9.17) is 4.74 Å². The van der Waals surface area contributed by atoms with Crippen molar-refractivity contribution >= 4 is 33.7 Å². The number of carbonyl (C=O) groups is 3.